The summed E-state index contributed by atoms with van der Waals surface area (Å²) in [5, 5.41) is 13.2. The summed E-state index contributed by atoms with van der Waals surface area (Å²) >= 11 is 1.50. The normalized spacial score (nSPS) is 30.3. The fourth-order valence-electron chi connectivity index (χ4n) is 0.791. The van der Waals surface area contributed by atoms with E-state index < -0.39 is 12.0 Å². The van der Waals surface area contributed by atoms with Crippen molar-refractivity contribution in [1.82, 2.24) is 5.32 Å². The highest BCUT2D eigenvalue weighted by molar-refractivity contribution is 8.02. The van der Waals surface area contributed by atoms with Crippen molar-refractivity contribution in [3.8, 4) is 0 Å². The predicted molar refractivity (Wildman–Crippen MR) is 44.1 cm³/mol. The molecule has 2 unspecified atom stereocenters. The van der Waals surface area contributed by atoms with Crippen LogP contribution in [0.5, 0.6) is 0 Å². The molecule has 5 heteroatoms. The number of carboxylic acid groups (broad SMARTS) is 1. The Hall–Kier alpha value is -0.520. The molecular formula is C6H10N2O2S. The zero-order valence-corrected chi connectivity index (χ0v) is 6.67. The van der Waals surface area contributed by atoms with E-state index in [2.05, 4.69) is 5.32 Å². The molecule has 1 aliphatic heterocycles. The Balaban J connectivity index is 2.52. The van der Waals surface area contributed by atoms with Crippen molar-refractivity contribution in [2.75, 3.05) is 6.54 Å². The monoisotopic (exact) mass is 174 g/mol. The van der Waals surface area contributed by atoms with Crippen LogP contribution < -0.4 is 11.1 Å². The van der Waals surface area contributed by atoms with E-state index in [0.717, 1.165) is 0 Å². The van der Waals surface area contributed by atoms with Crippen LogP contribution in [0.3, 0.4) is 0 Å². The third kappa shape index (κ3) is 2.21. The minimum atomic E-state index is -0.861. The van der Waals surface area contributed by atoms with Gasteiger partial charge >= 0.3 is 5.97 Å². The van der Waals surface area contributed by atoms with Crippen LogP contribution in [0, 0.1) is 0 Å². The van der Waals surface area contributed by atoms with Gasteiger partial charge in [-0.25, -0.2) is 0 Å². The summed E-state index contributed by atoms with van der Waals surface area (Å²) in [6.07, 6.45) is 1.61. The van der Waals surface area contributed by atoms with Crippen LogP contribution in [0.4, 0.5) is 0 Å². The van der Waals surface area contributed by atoms with Gasteiger partial charge in [-0.05, 0) is 5.41 Å². The minimum absolute atomic E-state index is 0.0288. The van der Waals surface area contributed by atoms with Crippen LogP contribution in [0.1, 0.15) is 0 Å². The molecule has 0 aliphatic carbocycles. The number of carboxylic acids is 1. The van der Waals surface area contributed by atoms with Crippen LogP contribution in [0.15, 0.2) is 11.5 Å². The van der Waals surface area contributed by atoms with Gasteiger partial charge in [0.1, 0.15) is 6.04 Å². The van der Waals surface area contributed by atoms with Crippen molar-refractivity contribution >= 4 is 17.7 Å². The lowest BCUT2D eigenvalue weighted by Gasteiger charge is -2.21. The fraction of sp³-hybridized carbons (Fsp3) is 0.500. The molecule has 0 aromatic carbocycles. The maximum Gasteiger partial charge on any atom is 0.324 e. The molecule has 4 N–H and O–H groups in total. The standard InChI is InChI=1S/C6H10N2O2S/c7-3-5-8-4(6(9)10)1-2-11-5/h1-2,4-5,8H,3,7H2,(H,9,10). The SMILES string of the molecule is NCC1NC(C(=O)O)C=CS1. The zero-order chi connectivity index (χ0) is 8.27. The molecule has 0 aromatic rings. The number of hydrogen-bond donors (Lipinski definition) is 3. The highest BCUT2D eigenvalue weighted by atomic mass is 32.2. The number of carbonyl (C=O) groups is 1. The number of nitrogens with two attached hydrogens (primary N) is 1. The summed E-state index contributed by atoms with van der Waals surface area (Å²) in [4.78, 5) is 10.5. The Morgan fingerprint density at radius 2 is 2.55 bits per heavy atom. The van der Waals surface area contributed by atoms with Crippen molar-refractivity contribution in [2.45, 2.75) is 11.4 Å². The fourth-order valence-corrected chi connectivity index (χ4v) is 1.56. The third-order valence-electron chi connectivity index (χ3n) is 1.36. The summed E-state index contributed by atoms with van der Waals surface area (Å²) in [6.45, 7) is 0.443. The first-order valence-corrected chi connectivity index (χ1v) is 4.19. The van der Waals surface area contributed by atoms with E-state index in [-0.39, 0.29) is 5.37 Å². The number of nitrogens with one attached hydrogen (secondary N) is 1. The van der Waals surface area contributed by atoms with E-state index in [4.69, 9.17) is 10.8 Å². The second kappa shape index (κ2) is 3.75. The van der Waals surface area contributed by atoms with Crippen LogP contribution in [-0.2, 0) is 4.79 Å². The van der Waals surface area contributed by atoms with Crippen LogP contribution in [0.2, 0.25) is 0 Å². The molecular weight excluding hydrogens is 164 g/mol. The summed E-state index contributed by atoms with van der Waals surface area (Å²) in [7, 11) is 0. The van der Waals surface area contributed by atoms with E-state index in [1.54, 1.807) is 11.5 Å². The van der Waals surface area contributed by atoms with E-state index in [1.165, 1.54) is 11.8 Å². The zero-order valence-electron chi connectivity index (χ0n) is 5.86. The molecule has 4 nitrogen and oxygen atoms in total. The summed E-state index contributed by atoms with van der Waals surface area (Å²) in [5.41, 5.74) is 5.36. The average Bonchev–Trinajstić information content (AvgIpc) is 2.05. The molecule has 0 aromatic heterocycles. The number of rotatable bonds is 2. The van der Waals surface area contributed by atoms with E-state index >= 15 is 0 Å². The summed E-state index contributed by atoms with van der Waals surface area (Å²) < 4.78 is 0. The van der Waals surface area contributed by atoms with Gasteiger partial charge in [0.25, 0.3) is 0 Å². The van der Waals surface area contributed by atoms with Crippen molar-refractivity contribution < 1.29 is 9.90 Å². The summed E-state index contributed by atoms with van der Waals surface area (Å²) in [5.74, 6) is -0.861. The predicted octanol–water partition coefficient (Wildman–Crippen LogP) is -0.425. The van der Waals surface area contributed by atoms with Crippen molar-refractivity contribution in [2.24, 2.45) is 5.73 Å². The average molecular weight is 174 g/mol. The quantitative estimate of drug-likeness (QED) is 0.530. The van der Waals surface area contributed by atoms with Crippen LogP contribution >= 0.6 is 11.8 Å². The molecule has 62 valence electrons. The van der Waals surface area contributed by atoms with Gasteiger partial charge in [0.2, 0.25) is 0 Å². The lowest BCUT2D eigenvalue weighted by Crippen LogP contribution is -2.45. The van der Waals surface area contributed by atoms with E-state index in [1.807, 2.05) is 0 Å². The molecule has 0 spiro atoms. The molecule has 0 bridgehead atoms. The van der Waals surface area contributed by atoms with Gasteiger partial charge in [-0.2, -0.15) is 0 Å². The van der Waals surface area contributed by atoms with Crippen molar-refractivity contribution in [3.05, 3.63) is 11.5 Å². The van der Waals surface area contributed by atoms with Gasteiger partial charge in [-0.1, -0.05) is 6.08 Å². The minimum Gasteiger partial charge on any atom is -0.480 e. The molecule has 2 atom stereocenters. The molecule has 0 saturated carbocycles. The summed E-state index contributed by atoms with van der Waals surface area (Å²) in [6, 6.07) is -0.579. The Labute approximate surface area is 68.8 Å². The number of thioether (sulfide) groups is 1. The first kappa shape index (κ1) is 8.58. The Morgan fingerprint density at radius 3 is 3.09 bits per heavy atom. The van der Waals surface area contributed by atoms with Crippen LogP contribution in [0.25, 0.3) is 0 Å². The molecule has 0 radical (unpaired) electrons. The highest BCUT2D eigenvalue weighted by Crippen LogP contribution is 2.15. The van der Waals surface area contributed by atoms with Gasteiger partial charge in [0.05, 0.1) is 5.37 Å². The third-order valence-corrected chi connectivity index (χ3v) is 2.33. The molecule has 0 saturated heterocycles. The largest absolute Gasteiger partial charge is 0.480 e. The second-order valence-electron chi connectivity index (χ2n) is 2.17. The first-order chi connectivity index (χ1) is 5.24. The first-order valence-electron chi connectivity index (χ1n) is 3.25. The van der Waals surface area contributed by atoms with Gasteiger partial charge in [0.15, 0.2) is 0 Å². The number of aliphatic carboxylic acids is 1. The molecule has 0 amide bonds. The Bertz CT molecular complexity index is 183. The molecule has 11 heavy (non-hydrogen) atoms. The van der Waals surface area contributed by atoms with Crippen molar-refractivity contribution in [3.63, 3.8) is 0 Å². The maximum absolute atomic E-state index is 10.5. The van der Waals surface area contributed by atoms with Crippen LogP contribution in [-0.4, -0.2) is 29.0 Å². The topological polar surface area (TPSA) is 75.3 Å². The van der Waals surface area contributed by atoms with Gasteiger partial charge in [0, 0.05) is 6.54 Å². The molecule has 1 heterocycles. The van der Waals surface area contributed by atoms with E-state index in [0.29, 0.717) is 6.54 Å². The Morgan fingerprint density at radius 1 is 1.82 bits per heavy atom. The second-order valence-corrected chi connectivity index (χ2v) is 3.28. The lowest BCUT2D eigenvalue weighted by atomic mass is 10.3. The smallest absolute Gasteiger partial charge is 0.324 e. The lowest BCUT2D eigenvalue weighted by molar-refractivity contribution is -0.138. The van der Waals surface area contributed by atoms with Gasteiger partial charge in [-0.15, -0.1) is 11.8 Å². The Kier molecular flexibility index (Phi) is 2.92. The van der Waals surface area contributed by atoms with Gasteiger partial charge in [-0.3, -0.25) is 10.1 Å². The van der Waals surface area contributed by atoms with Crippen molar-refractivity contribution in [1.29, 1.82) is 0 Å². The molecule has 1 aliphatic rings. The van der Waals surface area contributed by atoms with Gasteiger partial charge < -0.3 is 10.8 Å². The number of hydrogen-bond acceptors (Lipinski definition) is 4. The van der Waals surface area contributed by atoms with E-state index in [9.17, 15) is 4.79 Å². The molecule has 0 fully saturated rings. The highest BCUT2D eigenvalue weighted by Gasteiger charge is 2.20. The maximum atomic E-state index is 10.5. The molecule has 1 rings (SSSR count).